The molecule has 1 N–H and O–H groups in total. The molecule has 2 heterocycles. The van der Waals surface area contributed by atoms with Gasteiger partial charge in [0.05, 0.1) is 29.1 Å². The molecule has 1 aliphatic heterocycles. The largest absolute Gasteiger partial charge is 0.417 e. The van der Waals surface area contributed by atoms with Crippen LogP contribution >= 0.6 is 11.6 Å². The van der Waals surface area contributed by atoms with Gasteiger partial charge in [0.1, 0.15) is 6.04 Å². The number of rotatable bonds is 4. The van der Waals surface area contributed by atoms with Crippen LogP contribution in [0.2, 0.25) is 5.02 Å². The first kappa shape index (κ1) is 18.9. The summed E-state index contributed by atoms with van der Waals surface area (Å²) in [5.41, 5.74) is -0.913. The summed E-state index contributed by atoms with van der Waals surface area (Å²) >= 11 is 5.76. The topological polar surface area (TPSA) is 79.4 Å². The van der Waals surface area contributed by atoms with Gasteiger partial charge in [0.25, 0.3) is 0 Å². The molecule has 24 heavy (non-hydrogen) atoms. The van der Waals surface area contributed by atoms with Crippen molar-refractivity contribution in [3.05, 3.63) is 28.5 Å². The molecule has 1 aromatic heterocycles. The van der Waals surface area contributed by atoms with Crippen molar-refractivity contribution in [3.8, 4) is 0 Å². The maximum Gasteiger partial charge on any atom is 0.417 e. The van der Waals surface area contributed by atoms with Crippen molar-refractivity contribution in [2.24, 2.45) is 0 Å². The highest BCUT2D eigenvalue weighted by Gasteiger charge is 2.36. The third kappa shape index (κ3) is 4.37. The average Bonchev–Trinajstić information content (AvgIpc) is 2.94. The highest BCUT2D eigenvalue weighted by molar-refractivity contribution is 7.88. The number of carbonyl (C=O) groups is 1. The quantitative estimate of drug-likeness (QED) is 0.857. The number of aromatic nitrogens is 1. The lowest BCUT2D eigenvalue weighted by Gasteiger charge is -2.21. The fourth-order valence-corrected chi connectivity index (χ4v) is 3.80. The molecule has 0 spiro atoms. The van der Waals surface area contributed by atoms with Crippen LogP contribution in [-0.2, 0) is 27.5 Å². The van der Waals surface area contributed by atoms with E-state index in [-0.39, 0.29) is 23.8 Å². The van der Waals surface area contributed by atoms with Gasteiger partial charge in [-0.25, -0.2) is 8.42 Å². The Morgan fingerprint density at radius 3 is 2.71 bits per heavy atom. The second-order valence-corrected chi connectivity index (χ2v) is 7.74. The summed E-state index contributed by atoms with van der Waals surface area (Å²) in [6, 6.07) is -0.0951. The molecule has 0 unspecified atom stereocenters. The van der Waals surface area contributed by atoms with E-state index >= 15 is 0 Å². The highest BCUT2D eigenvalue weighted by Crippen LogP contribution is 2.31. The maximum atomic E-state index is 12.5. The Hall–Kier alpha value is -1.39. The second kappa shape index (κ2) is 6.85. The van der Waals surface area contributed by atoms with Gasteiger partial charge in [-0.2, -0.15) is 17.5 Å². The lowest BCUT2D eigenvalue weighted by atomic mass is 10.2. The monoisotopic (exact) mass is 385 g/mol. The molecule has 0 aliphatic carbocycles. The second-order valence-electron chi connectivity index (χ2n) is 5.40. The van der Waals surface area contributed by atoms with E-state index in [0.29, 0.717) is 19.0 Å². The SMILES string of the molecule is CS(=O)(=O)N1CCC[C@@H]1C(=O)NCc1ncc(C(F)(F)F)cc1Cl. The zero-order valence-corrected chi connectivity index (χ0v) is 14.2. The fraction of sp³-hybridized carbons (Fsp3) is 0.538. The molecule has 11 heteroatoms. The maximum absolute atomic E-state index is 12.5. The van der Waals surface area contributed by atoms with E-state index in [1.807, 2.05) is 0 Å². The molecule has 0 bridgehead atoms. The van der Waals surface area contributed by atoms with Crippen molar-refractivity contribution in [2.45, 2.75) is 31.6 Å². The molecule has 1 amide bonds. The van der Waals surface area contributed by atoms with Gasteiger partial charge in [0, 0.05) is 12.7 Å². The Morgan fingerprint density at radius 2 is 2.17 bits per heavy atom. The van der Waals surface area contributed by atoms with Gasteiger partial charge >= 0.3 is 6.18 Å². The van der Waals surface area contributed by atoms with Crippen LogP contribution in [0.4, 0.5) is 13.2 Å². The molecule has 2 rings (SSSR count). The Kier molecular flexibility index (Phi) is 5.41. The van der Waals surface area contributed by atoms with Crippen LogP contribution in [0.25, 0.3) is 0 Å². The number of nitrogens with zero attached hydrogens (tertiary/aromatic N) is 2. The predicted octanol–water partition coefficient (Wildman–Crippen LogP) is 1.79. The smallest absolute Gasteiger partial charge is 0.349 e. The number of pyridine rings is 1. The number of carbonyl (C=O) groups excluding carboxylic acids is 1. The van der Waals surface area contributed by atoms with Gasteiger partial charge in [-0.15, -0.1) is 0 Å². The summed E-state index contributed by atoms with van der Waals surface area (Å²) in [7, 11) is -3.50. The zero-order chi connectivity index (χ0) is 18.1. The molecule has 0 radical (unpaired) electrons. The molecule has 0 saturated carbocycles. The van der Waals surface area contributed by atoms with Gasteiger partial charge in [0.2, 0.25) is 15.9 Å². The molecule has 0 aromatic carbocycles. The first-order chi connectivity index (χ1) is 11.0. The Labute approximate surface area is 142 Å². The summed E-state index contributed by atoms with van der Waals surface area (Å²) in [6.07, 6.45) is -1.96. The van der Waals surface area contributed by atoms with E-state index in [9.17, 15) is 26.4 Å². The number of halogens is 4. The third-order valence-electron chi connectivity index (χ3n) is 3.61. The summed E-state index contributed by atoms with van der Waals surface area (Å²) in [5.74, 6) is -0.532. The summed E-state index contributed by atoms with van der Waals surface area (Å²) in [5, 5.41) is 2.24. The molecular formula is C13H15ClF3N3O3S. The summed E-state index contributed by atoms with van der Waals surface area (Å²) < 4.78 is 62.0. The average molecular weight is 386 g/mol. The number of amides is 1. The van der Waals surface area contributed by atoms with Gasteiger partial charge < -0.3 is 5.32 Å². The van der Waals surface area contributed by atoms with Crippen molar-refractivity contribution < 1.29 is 26.4 Å². The number of hydrogen-bond donors (Lipinski definition) is 1. The molecule has 1 aliphatic rings. The normalized spacial score (nSPS) is 19.5. The molecule has 134 valence electrons. The van der Waals surface area contributed by atoms with E-state index in [4.69, 9.17) is 11.6 Å². The standard InChI is InChI=1S/C13H15ClF3N3O3S/c1-24(22,23)20-4-2-3-11(20)12(21)19-7-10-9(14)5-8(6-18-10)13(15,16)17/h5-6,11H,2-4,7H2,1H3,(H,19,21)/t11-/m1/s1. The molecule has 1 atom stereocenters. The predicted molar refractivity (Wildman–Crippen MR) is 80.7 cm³/mol. The molecule has 1 aromatic rings. The van der Waals surface area contributed by atoms with Gasteiger partial charge in [-0.3, -0.25) is 9.78 Å². The van der Waals surface area contributed by atoms with Crippen LogP contribution in [0, 0.1) is 0 Å². The number of nitrogens with one attached hydrogen (secondary N) is 1. The van der Waals surface area contributed by atoms with Crippen LogP contribution in [-0.4, -0.2) is 42.5 Å². The number of sulfonamides is 1. The van der Waals surface area contributed by atoms with Gasteiger partial charge in [-0.1, -0.05) is 11.6 Å². The first-order valence-electron chi connectivity index (χ1n) is 6.96. The molecule has 1 fully saturated rings. The minimum Gasteiger partial charge on any atom is -0.349 e. The Bertz CT molecular complexity index is 740. The van der Waals surface area contributed by atoms with Crippen molar-refractivity contribution in [1.29, 1.82) is 0 Å². The third-order valence-corrected chi connectivity index (χ3v) is 5.22. The van der Waals surface area contributed by atoms with E-state index in [2.05, 4.69) is 10.3 Å². The summed E-state index contributed by atoms with van der Waals surface area (Å²) in [6.45, 7) is 0.0696. The molecular weight excluding hydrogens is 371 g/mol. The van der Waals surface area contributed by atoms with E-state index < -0.39 is 33.7 Å². The molecule has 1 saturated heterocycles. The Balaban J connectivity index is 2.04. The zero-order valence-electron chi connectivity index (χ0n) is 12.6. The minimum atomic E-state index is -4.56. The lowest BCUT2D eigenvalue weighted by molar-refractivity contribution is -0.137. The van der Waals surface area contributed by atoms with Crippen molar-refractivity contribution in [3.63, 3.8) is 0 Å². The number of hydrogen-bond acceptors (Lipinski definition) is 4. The van der Waals surface area contributed by atoms with Crippen LogP contribution in [0.1, 0.15) is 24.1 Å². The van der Waals surface area contributed by atoms with Crippen LogP contribution < -0.4 is 5.32 Å². The fourth-order valence-electron chi connectivity index (χ4n) is 2.44. The van der Waals surface area contributed by atoms with E-state index in [0.717, 1.165) is 16.6 Å². The first-order valence-corrected chi connectivity index (χ1v) is 9.19. The highest BCUT2D eigenvalue weighted by atomic mass is 35.5. The van der Waals surface area contributed by atoms with Gasteiger partial charge in [-0.05, 0) is 18.9 Å². The summed E-state index contributed by atoms with van der Waals surface area (Å²) in [4.78, 5) is 15.8. The lowest BCUT2D eigenvalue weighted by Crippen LogP contribution is -2.45. The van der Waals surface area contributed by atoms with Crippen molar-refractivity contribution in [2.75, 3.05) is 12.8 Å². The van der Waals surface area contributed by atoms with Crippen LogP contribution in [0.3, 0.4) is 0 Å². The Morgan fingerprint density at radius 1 is 1.50 bits per heavy atom. The van der Waals surface area contributed by atoms with Crippen molar-refractivity contribution >= 4 is 27.5 Å². The molecule has 6 nitrogen and oxygen atoms in total. The van der Waals surface area contributed by atoms with Crippen LogP contribution in [0.5, 0.6) is 0 Å². The van der Waals surface area contributed by atoms with E-state index in [1.165, 1.54) is 0 Å². The number of alkyl halides is 3. The van der Waals surface area contributed by atoms with Gasteiger partial charge in [0.15, 0.2) is 0 Å². The minimum absolute atomic E-state index is 0.0712. The van der Waals surface area contributed by atoms with Crippen LogP contribution in [0.15, 0.2) is 12.3 Å². The van der Waals surface area contributed by atoms with Crippen molar-refractivity contribution in [1.82, 2.24) is 14.6 Å². The van der Waals surface area contributed by atoms with E-state index in [1.54, 1.807) is 0 Å².